The lowest BCUT2D eigenvalue weighted by Crippen LogP contribution is -2.31. The van der Waals surface area contributed by atoms with E-state index in [0.29, 0.717) is 0 Å². The van der Waals surface area contributed by atoms with Crippen molar-refractivity contribution < 1.29 is 7.31 Å². The van der Waals surface area contributed by atoms with E-state index < -0.39 is 6.37 Å². The molecule has 0 unspecified atom stereocenters. The molecule has 1 heterocycles. The summed E-state index contributed by atoms with van der Waals surface area (Å²) in [5, 5.41) is 0. The first-order valence-corrected chi connectivity index (χ1v) is 8.06. The Labute approximate surface area is 138 Å². The molecule has 0 N–H and O–H groups in total. The molecule has 0 aliphatic rings. The van der Waals surface area contributed by atoms with Gasteiger partial charge in [0.15, 0.2) is 6.20 Å². The molecule has 1 nitrogen and oxygen atoms in total. The van der Waals surface area contributed by atoms with Crippen molar-refractivity contribution in [3.63, 3.8) is 0 Å². The highest BCUT2D eigenvalue weighted by molar-refractivity contribution is 5.63. The summed E-state index contributed by atoms with van der Waals surface area (Å²) < 4.78 is 18.9. The molecule has 2 rings (SSSR count). The summed E-state index contributed by atoms with van der Waals surface area (Å²) in [6, 6.07) is 10.5. The summed E-state index contributed by atoms with van der Waals surface area (Å²) >= 11 is 0. The van der Waals surface area contributed by atoms with E-state index >= 15 is 0 Å². The lowest BCUT2D eigenvalue weighted by molar-refractivity contribution is -0.660. The van der Waals surface area contributed by atoms with Crippen LogP contribution in [0.5, 0.6) is 0 Å². The van der Waals surface area contributed by atoms with Gasteiger partial charge in [-0.2, -0.15) is 0 Å². The molecule has 1 aromatic heterocycles. The molecule has 0 fully saturated rings. The van der Waals surface area contributed by atoms with Crippen LogP contribution in [0.3, 0.4) is 0 Å². The maximum atomic E-state index is 8.40. The van der Waals surface area contributed by atoms with Crippen molar-refractivity contribution in [2.45, 2.75) is 53.3 Å². The monoisotopic (exact) mass is 298 g/mol. The highest BCUT2D eigenvalue weighted by atomic mass is 14.9. The molecule has 0 aliphatic carbocycles. The average Bonchev–Trinajstić information content (AvgIpc) is 2.47. The van der Waals surface area contributed by atoms with Gasteiger partial charge < -0.3 is 0 Å². The van der Waals surface area contributed by atoms with Gasteiger partial charge in [-0.25, -0.2) is 4.57 Å². The molecule has 22 heavy (non-hydrogen) atoms. The van der Waals surface area contributed by atoms with E-state index in [4.69, 9.17) is 2.74 Å². The predicted octanol–water partition coefficient (Wildman–Crippen LogP) is 4.98. The largest absolute Gasteiger partial charge is 0.212 e. The molecule has 0 radical (unpaired) electrons. The molecule has 0 atom stereocenters. The maximum Gasteiger partial charge on any atom is 0.212 e. The predicted molar refractivity (Wildman–Crippen MR) is 95.0 cm³/mol. The Balaban J connectivity index is 2.65. The molecule has 0 aliphatic heterocycles. The molecule has 1 heteroatoms. The molecule has 0 saturated carbocycles. The fraction of sp³-hybridized carbons (Fsp3) is 0.476. The molecule has 1 aromatic carbocycles. The molecule has 0 spiro atoms. The fourth-order valence-corrected chi connectivity index (χ4v) is 2.62. The van der Waals surface area contributed by atoms with E-state index in [0.717, 1.165) is 11.3 Å². The second kappa shape index (κ2) is 6.24. The molecule has 0 saturated heterocycles. The lowest BCUT2D eigenvalue weighted by atomic mass is 9.84. The van der Waals surface area contributed by atoms with Gasteiger partial charge in [-0.1, -0.05) is 46.8 Å². The number of hydrogen-bond donors (Lipinski definition) is 0. The topological polar surface area (TPSA) is 3.88 Å². The van der Waals surface area contributed by atoms with Gasteiger partial charge in [0.05, 0.1) is 0 Å². The van der Waals surface area contributed by atoms with Gasteiger partial charge in [0, 0.05) is 20.4 Å². The van der Waals surface area contributed by atoms with Crippen molar-refractivity contribution in [3.8, 4) is 11.3 Å². The number of rotatable bonds is 3. The van der Waals surface area contributed by atoms with Gasteiger partial charge in [0.2, 0.25) is 5.69 Å². The SMILES string of the molecule is [2H]C([2H])(c1cc[n+](C)c(-c2cc(C(C)(C)C)ccc2C)c1)C(C)C. The Morgan fingerprint density at radius 3 is 2.41 bits per heavy atom. The first-order chi connectivity index (χ1) is 10.9. The van der Waals surface area contributed by atoms with Crippen LogP contribution < -0.4 is 4.57 Å². The van der Waals surface area contributed by atoms with E-state index in [-0.39, 0.29) is 11.3 Å². The van der Waals surface area contributed by atoms with Crippen LogP contribution in [0.15, 0.2) is 36.5 Å². The quantitative estimate of drug-likeness (QED) is 0.703. The highest BCUT2D eigenvalue weighted by Gasteiger charge is 2.19. The van der Waals surface area contributed by atoms with Crippen molar-refractivity contribution >= 4 is 0 Å². The van der Waals surface area contributed by atoms with Crippen LogP contribution in [-0.4, -0.2) is 0 Å². The fourth-order valence-electron chi connectivity index (χ4n) is 2.62. The van der Waals surface area contributed by atoms with E-state index in [2.05, 4.69) is 50.5 Å². The average molecular weight is 298 g/mol. The smallest absolute Gasteiger partial charge is 0.201 e. The van der Waals surface area contributed by atoms with Crippen molar-refractivity contribution in [2.75, 3.05) is 0 Å². The van der Waals surface area contributed by atoms with Crippen molar-refractivity contribution in [1.29, 1.82) is 0 Å². The first-order valence-electron chi connectivity index (χ1n) is 9.06. The van der Waals surface area contributed by atoms with Crippen LogP contribution in [0.2, 0.25) is 0 Å². The van der Waals surface area contributed by atoms with Crippen molar-refractivity contribution in [3.05, 3.63) is 53.2 Å². The number of aromatic nitrogens is 1. The van der Waals surface area contributed by atoms with Crippen molar-refractivity contribution in [1.82, 2.24) is 0 Å². The number of aryl methyl sites for hydroxylation is 2. The number of benzene rings is 1. The third-order valence-corrected chi connectivity index (χ3v) is 3.98. The second-order valence-corrected chi connectivity index (χ2v) is 7.49. The van der Waals surface area contributed by atoms with Gasteiger partial charge in [0.1, 0.15) is 7.05 Å². The van der Waals surface area contributed by atoms with E-state index in [9.17, 15) is 0 Å². The van der Waals surface area contributed by atoms with Gasteiger partial charge in [-0.05, 0) is 47.4 Å². The van der Waals surface area contributed by atoms with Crippen LogP contribution in [0.1, 0.15) is 54.1 Å². The standard InChI is InChI=1S/C21H30N/c1-15(2)12-17-10-11-22(7)20(13-17)19-14-18(21(4,5)6)9-8-16(19)3/h8-11,13-15H,12H2,1-7H3/q+1/i12D2. The zero-order valence-corrected chi connectivity index (χ0v) is 15.0. The van der Waals surface area contributed by atoms with Gasteiger partial charge in [0.25, 0.3) is 0 Å². The zero-order chi connectivity index (χ0) is 18.3. The summed E-state index contributed by atoms with van der Waals surface area (Å²) in [5.74, 6) is -0.0694. The van der Waals surface area contributed by atoms with Crippen LogP contribution in [0, 0.1) is 12.8 Å². The highest BCUT2D eigenvalue weighted by Crippen LogP contribution is 2.29. The number of nitrogens with zero attached hydrogens (tertiary/aromatic N) is 1. The summed E-state index contributed by atoms with van der Waals surface area (Å²) in [6.07, 6.45) is 0.632. The van der Waals surface area contributed by atoms with Crippen LogP contribution in [0.25, 0.3) is 11.3 Å². The lowest BCUT2D eigenvalue weighted by Gasteiger charge is -2.20. The minimum Gasteiger partial charge on any atom is -0.201 e. The maximum absolute atomic E-state index is 8.40. The second-order valence-electron chi connectivity index (χ2n) is 7.49. The molecular formula is C21H30N+. The van der Waals surface area contributed by atoms with E-state index in [1.165, 1.54) is 16.7 Å². The Morgan fingerprint density at radius 2 is 1.82 bits per heavy atom. The molecule has 118 valence electrons. The first kappa shape index (κ1) is 14.0. The summed E-state index contributed by atoms with van der Waals surface area (Å²) in [7, 11) is 2.02. The Kier molecular flexibility index (Phi) is 3.97. The zero-order valence-electron chi connectivity index (χ0n) is 17.0. The van der Waals surface area contributed by atoms with E-state index in [1.807, 2.05) is 39.2 Å². The van der Waals surface area contributed by atoms with Gasteiger partial charge in [-0.15, -0.1) is 0 Å². The van der Waals surface area contributed by atoms with Crippen LogP contribution >= 0.6 is 0 Å². The minimum absolute atomic E-state index is 0.0694. The summed E-state index contributed by atoms with van der Waals surface area (Å²) in [5.41, 5.74) is 5.56. The molecule has 2 aromatic rings. The molecule has 0 bridgehead atoms. The third kappa shape index (κ3) is 3.76. The molecule has 0 amide bonds. The van der Waals surface area contributed by atoms with Crippen LogP contribution in [-0.2, 0) is 18.8 Å². The summed E-state index contributed by atoms with van der Waals surface area (Å²) in [6.45, 7) is 12.6. The Hall–Kier alpha value is -1.63. The van der Waals surface area contributed by atoms with Gasteiger partial charge in [-0.3, -0.25) is 0 Å². The third-order valence-electron chi connectivity index (χ3n) is 3.98. The normalized spacial score (nSPS) is 14.0. The number of hydrogen-bond acceptors (Lipinski definition) is 0. The minimum atomic E-state index is -1.33. The Morgan fingerprint density at radius 1 is 1.14 bits per heavy atom. The number of pyridine rings is 1. The van der Waals surface area contributed by atoms with E-state index in [1.54, 1.807) is 0 Å². The Bertz CT molecular complexity index is 740. The molecular weight excluding hydrogens is 266 g/mol. The van der Waals surface area contributed by atoms with Crippen LogP contribution in [0.4, 0.5) is 0 Å². The van der Waals surface area contributed by atoms with Crippen molar-refractivity contribution in [2.24, 2.45) is 13.0 Å². The van der Waals surface area contributed by atoms with Gasteiger partial charge >= 0.3 is 0 Å². The summed E-state index contributed by atoms with van der Waals surface area (Å²) in [4.78, 5) is 0.